The van der Waals surface area contributed by atoms with Crippen molar-refractivity contribution in [1.29, 1.82) is 0 Å². The quantitative estimate of drug-likeness (QED) is 0.437. The minimum absolute atomic E-state index is 0.255. The van der Waals surface area contributed by atoms with Crippen molar-refractivity contribution < 1.29 is 14.2 Å². The molecule has 0 saturated heterocycles. The predicted octanol–water partition coefficient (Wildman–Crippen LogP) is 4.83. The third kappa shape index (κ3) is 6.30. The van der Waals surface area contributed by atoms with Crippen molar-refractivity contribution in [2.24, 2.45) is 0 Å². The lowest BCUT2D eigenvalue weighted by Gasteiger charge is -2.07. The predicted molar refractivity (Wildman–Crippen MR) is 96.0 cm³/mol. The van der Waals surface area contributed by atoms with Crippen LogP contribution in [0.3, 0.4) is 0 Å². The largest absolute Gasteiger partial charge is 0.468 e. The third-order valence-electron chi connectivity index (χ3n) is 3.73. The SMILES string of the molecule is CCCCCCOCc1ccc(-c2ccc(OCOC)cc2)nc1. The smallest absolute Gasteiger partial charge is 0.188 e. The highest BCUT2D eigenvalue weighted by Gasteiger charge is 2.01. The Labute approximate surface area is 144 Å². The maximum absolute atomic E-state index is 5.70. The highest BCUT2D eigenvalue weighted by molar-refractivity contribution is 5.60. The lowest BCUT2D eigenvalue weighted by molar-refractivity contribution is 0.0511. The van der Waals surface area contributed by atoms with Crippen LogP contribution in [0.5, 0.6) is 5.75 Å². The fraction of sp³-hybridized carbons (Fsp3) is 0.450. The molecule has 1 heterocycles. The standard InChI is InChI=1S/C20H27NO3/c1-3-4-5-6-13-23-15-17-7-12-20(21-14-17)18-8-10-19(11-9-18)24-16-22-2/h7-12,14H,3-6,13,15-16H2,1-2H3. The molecule has 4 nitrogen and oxygen atoms in total. The zero-order valence-corrected chi connectivity index (χ0v) is 14.7. The van der Waals surface area contributed by atoms with Gasteiger partial charge in [0.05, 0.1) is 12.3 Å². The molecule has 0 saturated carbocycles. The van der Waals surface area contributed by atoms with E-state index in [1.54, 1.807) is 7.11 Å². The van der Waals surface area contributed by atoms with Crippen LogP contribution in [-0.2, 0) is 16.1 Å². The molecule has 0 unspecified atom stereocenters. The van der Waals surface area contributed by atoms with E-state index in [0.29, 0.717) is 6.61 Å². The average molecular weight is 329 g/mol. The normalized spacial score (nSPS) is 10.8. The van der Waals surface area contributed by atoms with Crippen LogP contribution in [0.4, 0.5) is 0 Å². The van der Waals surface area contributed by atoms with Gasteiger partial charge in [-0.15, -0.1) is 0 Å². The van der Waals surface area contributed by atoms with Crippen LogP contribution in [0, 0.1) is 0 Å². The Morgan fingerprint density at radius 1 is 0.958 bits per heavy atom. The summed E-state index contributed by atoms with van der Waals surface area (Å²) in [5.41, 5.74) is 3.11. The molecule has 0 aliphatic rings. The lowest BCUT2D eigenvalue weighted by Crippen LogP contribution is -1.98. The van der Waals surface area contributed by atoms with E-state index in [1.165, 1.54) is 19.3 Å². The van der Waals surface area contributed by atoms with Crippen LogP contribution in [0.1, 0.15) is 38.2 Å². The molecule has 0 aliphatic carbocycles. The van der Waals surface area contributed by atoms with Gasteiger partial charge in [-0.2, -0.15) is 0 Å². The Kier molecular flexibility index (Phi) is 8.28. The first-order chi connectivity index (χ1) is 11.8. The molecule has 24 heavy (non-hydrogen) atoms. The Morgan fingerprint density at radius 2 is 1.79 bits per heavy atom. The van der Waals surface area contributed by atoms with Gasteiger partial charge in [0.25, 0.3) is 0 Å². The number of pyridine rings is 1. The second-order valence-corrected chi connectivity index (χ2v) is 5.74. The molecule has 0 bridgehead atoms. The number of hydrogen-bond acceptors (Lipinski definition) is 4. The van der Waals surface area contributed by atoms with E-state index >= 15 is 0 Å². The van der Waals surface area contributed by atoms with Gasteiger partial charge in [-0.1, -0.05) is 32.3 Å². The second-order valence-electron chi connectivity index (χ2n) is 5.74. The molecule has 0 aliphatic heterocycles. The summed E-state index contributed by atoms with van der Waals surface area (Å²) in [6.07, 6.45) is 6.81. The first-order valence-corrected chi connectivity index (χ1v) is 8.58. The van der Waals surface area contributed by atoms with Crippen molar-refractivity contribution in [3.63, 3.8) is 0 Å². The highest BCUT2D eigenvalue weighted by atomic mass is 16.7. The van der Waals surface area contributed by atoms with Gasteiger partial charge in [0.2, 0.25) is 0 Å². The third-order valence-corrected chi connectivity index (χ3v) is 3.73. The van der Waals surface area contributed by atoms with Crippen LogP contribution in [0.15, 0.2) is 42.6 Å². The number of rotatable bonds is 11. The minimum atomic E-state index is 0.255. The van der Waals surface area contributed by atoms with Crippen molar-refractivity contribution >= 4 is 0 Å². The first-order valence-electron chi connectivity index (χ1n) is 8.58. The molecule has 0 atom stereocenters. The van der Waals surface area contributed by atoms with Gasteiger partial charge in [-0.05, 0) is 42.3 Å². The van der Waals surface area contributed by atoms with Gasteiger partial charge in [-0.3, -0.25) is 4.98 Å². The summed E-state index contributed by atoms with van der Waals surface area (Å²) in [5, 5.41) is 0. The molecule has 4 heteroatoms. The summed E-state index contributed by atoms with van der Waals surface area (Å²) in [6.45, 7) is 3.92. The van der Waals surface area contributed by atoms with Crippen LogP contribution in [0.25, 0.3) is 11.3 Å². The Bertz CT molecular complexity index is 566. The summed E-state index contributed by atoms with van der Waals surface area (Å²) in [4.78, 5) is 4.52. The van der Waals surface area contributed by atoms with Crippen LogP contribution < -0.4 is 4.74 Å². The molecule has 0 radical (unpaired) electrons. The maximum Gasteiger partial charge on any atom is 0.188 e. The second kappa shape index (κ2) is 10.8. The van der Waals surface area contributed by atoms with Gasteiger partial charge in [0.15, 0.2) is 6.79 Å². The minimum Gasteiger partial charge on any atom is -0.468 e. The fourth-order valence-corrected chi connectivity index (χ4v) is 2.35. The van der Waals surface area contributed by atoms with E-state index in [-0.39, 0.29) is 6.79 Å². The number of unbranched alkanes of at least 4 members (excludes halogenated alkanes) is 3. The molecular formula is C20H27NO3. The number of hydrogen-bond donors (Lipinski definition) is 0. The van der Waals surface area contributed by atoms with E-state index in [1.807, 2.05) is 36.5 Å². The number of aromatic nitrogens is 1. The van der Waals surface area contributed by atoms with Crippen molar-refractivity contribution in [3.05, 3.63) is 48.2 Å². The molecule has 1 aromatic heterocycles. The topological polar surface area (TPSA) is 40.6 Å². The molecule has 2 rings (SSSR count). The van der Waals surface area contributed by atoms with Gasteiger partial charge in [-0.25, -0.2) is 0 Å². The Hall–Kier alpha value is -1.91. The average Bonchev–Trinajstić information content (AvgIpc) is 2.64. The molecule has 1 aromatic carbocycles. The molecule has 130 valence electrons. The van der Waals surface area contributed by atoms with Crippen molar-refractivity contribution in [1.82, 2.24) is 4.98 Å². The van der Waals surface area contributed by atoms with E-state index in [4.69, 9.17) is 14.2 Å². The van der Waals surface area contributed by atoms with Crippen molar-refractivity contribution in [2.45, 2.75) is 39.2 Å². The maximum atomic E-state index is 5.70. The fourth-order valence-electron chi connectivity index (χ4n) is 2.35. The number of nitrogens with zero attached hydrogens (tertiary/aromatic N) is 1. The van der Waals surface area contributed by atoms with E-state index < -0.39 is 0 Å². The van der Waals surface area contributed by atoms with Gasteiger partial charge < -0.3 is 14.2 Å². The van der Waals surface area contributed by atoms with Crippen LogP contribution >= 0.6 is 0 Å². The Balaban J connectivity index is 1.80. The zero-order valence-electron chi connectivity index (χ0n) is 14.7. The summed E-state index contributed by atoms with van der Waals surface area (Å²) in [7, 11) is 1.61. The summed E-state index contributed by atoms with van der Waals surface area (Å²) < 4.78 is 16.0. The van der Waals surface area contributed by atoms with Crippen molar-refractivity contribution in [2.75, 3.05) is 20.5 Å². The number of methoxy groups -OCH3 is 1. The van der Waals surface area contributed by atoms with Gasteiger partial charge >= 0.3 is 0 Å². The lowest BCUT2D eigenvalue weighted by atomic mass is 10.1. The van der Waals surface area contributed by atoms with Crippen LogP contribution in [0.2, 0.25) is 0 Å². The van der Waals surface area contributed by atoms with Crippen molar-refractivity contribution in [3.8, 4) is 17.0 Å². The number of ether oxygens (including phenoxy) is 3. The molecule has 0 N–H and O–H groups in total. The summed E-state index contributed by atoms with van der Waals surface area (Å²) in [5.74, 6) is 0.786. The monoisotopic (exact) mass is 329 g/mol. The van der Waals surface area contributed by atoms with E-state index in [9.17, 15) is 0 Å². The number of benzene rings is 1. The molecule has 2 aromatic rings. The van der Waals surface area contributed by atoms with Gasteiger partial charge in [0.1, 0.15) is 5.75 Å². The molecule has 0 amide bonds. The highest BCUT2D eigenvalue weighted by Crippen LogP contribution is 2.21. The summed E-state index contributed by atoms with van der Waals surface area (Å²) >= 11 is 0. The molecule has 0 fully saturated rings. The van der Waals surface area contributed by atoms with E-state index in [2.05, 4.69) is 18.0 Å². The molecular weight excluding hydrogens is 302 g/mol. The van der Waals surface area contributed by atoms with Crippen LogP contribution in [-0.4, -0.2) is 25.5 Å². The van der Waals surface area contributed by atoms with E-state index in [0.717, 1.165) is 35.6 Å². The van der Waals surface area contributed by atoms with Gasteiger partial charge in [0, 0.05) is 25.5 Å². The molecule has 0 spiro atoms. The zero-order chi connectivity index (χ0) is 17.0. The summed E-state index contributed by atoms with van der Waals surface area (Å²) in [6, 6.07) is 11.9. The first kappa shape index (κ1) is 18.4. The Morgan fingerprint density at radius 3 is 2.46 bits per heavy atom.